The summed E-state index contributed by atoms with van der Waals surface area (Å²) < 4.78 is 0. The predicted octanol–water partition coefficient (Wildman–Crippen LogP) is 5.81. The molecule has 0 aromatic heterocycles. The summed E-state index contributed by atoms with van der Waals surface area (Å²) in [4.78, 5) is 23.4. The molecule has 0 N–H and O–H groups in total. The molecule has 4 rings (SSSR count). The molecule has 0 atom stereocenters. The highest BCUT2D eigenvalue weighted by Crippen LogP contribution is 2.50. The van der Waals surface area contributed by atoms with Crippen molar-refractivity contribution in [2.45, 2.75) is 11.8 Å². The fourth-order valence-corrected chi connectivity index (χ4v) is 5.51. The maximum Gasteiger partial charge on any atom is 0.269 e. The van der Waals surface area contributed by atoms with Gasteiger partial charge in [0.15, 0.2) is 5.17 Å². The van der Waals surface area contributed by atoms with Gasteiger partial charge in [0.25, 0.3) is 5.91 Å². The number of amidine groups is 1. The number of benzene rings is 2. The lowest BCUT2D eigenvalue weighted by molar-refractivity contribution is -0.121. The molecule has 0 bridgehead atoms. The average molecular weight is 428 g/mol. The molecule has 2 aliphatic heterocycles. The Morgan fingerprint density at radius 1 is 1.21 bits per heavy atom. The molecule has 0 aliphatic carbocycles. The Labute approximate surface area is 178 Å². The Bertz CT molecular complexity index is 1050. The number of rotatable bonds is 3. The van der Waals surface area contributed by atoms with Gasteiger partial charge in [-0.25, -0.2) is 4.99 Å². The van der Waals surface area contributed by atoms with Gasteiger partial charge in [-0.2, -0.15) is 0 Å². The molecular formula is C21H18ClN3OS2. The summed E-state index contributed by atoms with van der Waals surface area (Å²) in [5.41, 5.74) is 2.94. The molecule has 1 saturated heterocycles. The molecule has 0 saturated carbocycles. The second-order valence-electron chi connectivity index (χ2n) is 6.39. The number of anilines is 1. The van der Waals surface area contributed by atoms with Gasteiger partial charge < -0.3 is 4.90 Å². The minimum Gasteiger partial charge on any atom is -0.337 e. The highest BCUT2D eigenvalue weighted by molar-refractivity contribution is 8.19. The van der Waals surface area contributed by atoms with Crippen LogP contribution in [0.15, 0.2) is 74.9 Å². The van der Waals surface area contributed by atoms with E-state index in [0.29, 0.717) is 21.6 Å². The Balaban J connectivity index is 1.76. The third-order valence-corrected chi connectivity index (χ3v) is 7.16. The molecule has 0 unspecified atom stereocenters. The SMILES string of the molecule is C=CCN1C(=O)/C(=C2/Sc3ccc(Cl)cc3N2C)SC1=Nc1ccccc1C. The molecule has 2 aliphatic rings. The van der Waals surface area contributed by atoms with Crippen molar-refractivity contribution < 1.29 is 4.79 Å². The van der Waals surface area contributed by atoms with Gasteiger partial charge in [0.2, 0.25) is 0 Å². The van der Waals surface area contributed by atoms with Crippen LogP contribution in [-0.4, -0.2) is 29.6 Å². The summed E-state index contributed by atoms with van der Waals surface area (Å²) in [6, 6.07) is 13.7. The first-order chi connectivity index (χ1) is 13.5. The van der Waals surface area contributed by atoms with Crippen LogP contribution in [0.1, 0.15) is 5.56 Å². The van der Waals surface area contributed by atoms with E-state index in [4.69, 9.17) is 16.6 Å². The number of amides is 1. The van der Waals surface area contributed by atoms with Crippen LogP contribution in [0.5, 0.6) is 0 Å². The molecule has 2 aromatic carbocycles. The summed E-state index contributed by atoms with van der Waals surface area (Å²) in [6.45, 7) is 6.22. The van der Waals surface area contributed by atoms with Gasteiger partial charge in [-0.1, -0.05) is 47.6 Å². The summed E-state index contributed by atoms with van der Waals surface area (Å²) >= 11 is 9.15. The van der Waals surface area contributed by atoms with Crippen molar-refractivity contribution in [1.29, 1.82) is 0 Å². The van der Waals surface area contributed by atoms with Crippen LogP contribution in [-0.2, 0) is 4.79 Å². The molecule has 0 radical (unpaired) electrons. The Morgan fingerprint density at radius 2 is 2.00 bits per heavy atom. The van der Waals surface area contributed by atoms with E-state index in [0.717, 1.165) is 26.9 Å². The van der Waals surface area contributed by atoms with Crippen LogP contribution < -0.4 is 4.90 Å². The van der Waals surface area contributed by atoms with Crippen molar-refractivity contribution in [2.75, 3.05) is 18.5 Å². The number of nitrogens with zero attached hydrogens (tertiary/aromatic N) is 3. The molecule has 1 fully saturated rings. The number of carbonyl (C=O) groups is 1. The summed E-state index contributed by atoms with van der Waals surface area (Å²) in [6.07, 6.45) is 1.72. The third kappa shape index (κ3) is 3.36. The first-order valence-corrected chi connectivity index (χ1v) is 10.7. The molecule has 28 heavy (non-hydrogen) atoms. The number of hydrogen-bond donors (Lipinski definition) is 0. The van der Waals surface area contributed by atoms with E-state index in [2.05, 4.69) is 6.58 Å². The number of halogens is 1. The van der Waals surface area contributed by atoms with Crippen molar-refractivity contribution in [3.8, 4) is 0 Å². The topological polar surface area (TPSA) is 35.9 Å². The van der Waals surface area contributed by atoms with Crippen molar-refractivity contribution in [1.82, 2.24) is 4.90 Å². The van der Waals surface area contributed by atoms with Gasteiger partial charge in [0.1, 0.15) is 4.91 Å². The van der Waals surface area contributed by atoms with Crippen molar-refractivity contribution in [3.05, 3.63) is 75.6 Å². The van der Waals surface area contributed by atoms with E-state index >= 15 is 0 Å². The lowest BCUT2D eigenvalue weighted by Gasteiger charge is -2.15. The maximum absolute atomic E-state index is 13.2. The van der Waals surface area contributed by atoms with Crippen LogP contribution >= 0.6 is 35.1 Å². The minimum atomic E-state index is -0.0505. The zero-order chi connectivity index (χ0) is 19.8. The maximum atomic E-state index is 13.2. The number of carbonyl (C=O) groups excluding carboxylic acids is 1. The molecule has 1 amide bonds. The average Bonchev–Trinajstić information content (AvgIpc) is 3.15. The molecule has 142 valence electrons. The number of thioether (sulfide) groups is 2. The molecular weight excluding hydrogens is 410 g/mol. The summed E-state index contributed by atoms with van der Waals surface area (Å²) in [7, 11) is 1.96. The second-order valence-corrected chi connectivity index (χ2v) is 8.84. The standard InChI is InChI=1S/C21H18ClN3OS2/c1-4-11-25-19(26)18(28-21(25)23-15-8-6-5-7-13(15)2)20-24(3)16-12-14(22)9-10-17(16)27-20/h4-10,12H,1,11H2,2-3H3/b20-18-,23-21?. The van der Waals surface area contributed by atoms with Gasteiger partial charge in [0.05, 0.1) is 16.4 Å². The van der Waals surface area contributed by atoms with Crippen molar-refractivity contribution in [2.24, 2.45) is 4.99 Å². The zero-order valence-corrected chi connectivity index (χ0v) is 17.9. The smallest absolute Gasteiger partial charge is 0.269 e. The van der Waals surface area contributed by atoms with Crippen LogP contribution in [0.2, 0.25) is 5.02 Å². The first kappa shape index (κ1) is 19.2. The van der Waals surface area contributed by atoms with E-state index < -0.39 is 0 Å². The molecule has 0 spiro atoms. The lowest BCUT2D eigenvalue weighted by Crippen LogP contribution is -2.29. The van der Waals surface area contributed by atoms with Crippen LogP contribution in [0, 0.1) is 6.92 Å². The number of aryl methyl sites for hydroxylation is 1. The quantitative estimate of drug-likeness (QED) is 0.457. The Hall–Kier alpha value is -2.15. The van der Waals surface area contributed by atoms with Crippen LogP contribution in [0.25, 0.3) is 0 Å². The van der Waals surface area contributed by atoms with E-state index in [9.17, 15) is 4.79 Å². The number of aliphatic imine (C=N–C) groups is 1. The Kier molecular flexibility index (Phi) is 5.27. The number of fused-ring (bicyclic) bond motifs is 1. The van der Waals surface area contributed by atoms with Gasteiger partial charge in [-0.3, -0.25) is 9.69 Å². The van der Waals surface area contributed by atoms with Crippen LogP contribution in [0.3, 0.4) is 0 Å². The fourth-order valence-electron chi connectivity index (χ4n) is 3.02. The van der Waals surface area contributed by atoms with Gasteiger partial charge >= 0.3 is 0 Å². The lowest BCUT2D eigenvalue weighted by atomic mass is 10.2. The molecule has 4 nitrogen and oxygen atoms in total. The molecule has 2 heterocycles. The molecule has 2 aromatic rings. The Morgan fingerprint density at radius 3 is 2.75 bits per heavy atom. The van der Waals surface area contributed by atoms with Gasteiger partial charge in [0, 0.05) is 23.5 Å². The van der Waals surface area contributed by atoms with E-state index in [1.165, 1.54) is 11.8 Å². The van der Waals surface area contributed by atoms with E-state index in [-0.39, 0.29) is 5.91 Å². The monoisotopic (exact) mass is 427 g/mol. The first-order valence-electron chi connectivity index (χ1n) is 8.70. The number of hydrogen-bond acceptors (Lipinski definition) is 5. The van der Waals surface area contributed by atoms with E-state index in [1.807, 2.05) is 61.3 Å². The largest absolute Gasteiger partial charge is 0.337 e. The summed E-state index contributed by atoms with van der Waals surface area (Å²) in [5.74, 6) is -0.0505. The fraction of sp³-hybridized carbons (Fsp3) is 0.143. The normalized spacial score (nSPS) is 20.2. The zero-order valence-electron chi connectivity index (χ0n) is 15.5. The van der Waals surface area contributed by atoms with Gasteiger partial charge in [-0.05, 0) is 48.5 Å². The minimum absolute atomic E-state index is 0.0505. The van der Waals surface area contributed by atoms with E-state index in [1.54, 1.807) is 22.7 Å². The predicted molar refractivity (Wildman–Crippen MR) is 121 cm³/mol. The van der Waals surface area contributed by atoms with Gasteiger partial charge in [-0.15, -0.1) is 6.58 Å². The number of para-hydroxylation sites is 1. The third-order valence-electron chi connectivity index (χ3n) is 4.49. The second kappa shape index (κ2) is 7.70. The molecule has 7 heteroatoms. The summed E-state index contributed by atoms with van der Waals surface area (Å²) in [5, 5.41) is 2.25. The van der Waals surface area contributed by atoms with Crippen molar-refractivity contribution >= 4 is 57.6 Å². The van der Waals surface area contributed by atoms with Crippen molar-refractivity contribution in [3.63, 3.8) is 0 Å². The highest BCUT2D eigenvalue weighted by Gasteiger charge is 2.38. The highest BCUT2D eigenvalue weighted by atomic mass is 35.5. The van der Waals surface area contributed by atoms with Crippen LogP contribution in [0.4, 0.5) is 11.4 Å².